The summed E-state index contributed by atoms with van der Waals surface area (Å²) in [5.74, 6) is -0.594. The average molecular weight is 355 g/mol. The molecular weight excluding hydrogens is 337 g/mol. The van der Waals surface area contributed by atoms with Crippen LogP contribution in [0.4, 0.5) is 0 Å². The van der Waals surface area contributed by atoms with Crippen LogP contribution in [0.1, 0.15) is 16.8 Å². The summed E-state index contributed by atoms with van der Waals surface area (Å²) in [5, 5.41) is 8.88. The molecule has 0 atom stereocenters. The molecule has 0 fully saturated rings. The van der Waals surface area contributed by atoms with Crippen molar-refractivity contribution in [2.75, 3.05) is 26.7 Å². The zero-order valence-corrected chi connectivity index (χ0v) is 13.9. The first-order chi connectivity index (χ1) is 9.54. The third kappa shape index (κ3) is 7.52. The number of amides is 2. The molecule has 3 N–H and O–H groups in total. The fraction of sp³-hybridized carbons (Fsp3) is 0.385. The monoisotopic (exact) mass is 353 g/mol. The minimum atomic E-state index is -0.367. The largest absolute Gasteiger partial charge is 0.355 e. The summed E-state index contributed by atoms with van der Waals surface area (Å²) in [4.78, 5) is 23.3. The lowest BCUT2D eigenvalue weighted by atomic mass is 10.2. The van der Waals surface area contributed by atoms with E-state index in [4.69, 9.17) is 23.2 Å². The van der Waals surface area contributed by atoms with Gasteiger partial charge in [0.1, 0.15) is 0 Å². The van der Waals surface area contributed by atoms with Gasteiger partial charge in [0.15, 0.2) is 0 Å². The van der Waals surface area contributed by atoms with Crippen molar-refractivity contribution in [3.05, 3.63) is 33.8 Å². The van der Waals surface area contributed by atoms with Crippen LogP contribution < -0.4 is 16.0 Å². The standard InChI is InChI=1S/C13H17Cl2N3O2.ClH/c1-16-5-2-6-17-12(19)8-18-13(20)9-3-4-10(14)11(15)7-9;/h3-4,7,16H,2,5-6,8H2,1H3,(H,17,19)(H,18,20);1H. The Balaban J connectivity index is 0.00000400. The van der Waals surface area contributed by atoms with E-state index in [1.165, 1.54) is 12.1 Å². The summed E-state index contributed by atoms with van der Waals surface area (Å²) in [6, 6.07) is 4.55. The molecule has 5 nitrogen and oxygen atoms in total. The summed E-state index contributed by atoms with van der Waals surface area (Å²) in [5.41, 5.74) is 0.363. The van der Waals surface area contributed by atoms with Crippen molar-refractivity contribution in [2.24, 2.45) is 0 Å². The summed E-state index contributed by atoms with van der Waals surface area (Å²) < 4.78 is 0. The molecule has 8 heteroatoms. The Labute approximate surface area is 140 Å². The van der Waals surface area contributed by atoms with Gasteiger partial charge in [0, 0.05) is 12.1 Å². The Morgan fingerprint density at radius 3 is 2.43 bits per heavy atom. The van der Waals surface area contributed by atoms with Crippen LogP contribution in [0.15, 0.2) is 18.2 Å². The minimum Gasteiger partial charge on any atom is -0.355 e. The number of hydrogen-bond acceptors (Lipinski definition) is 3. The van der Waals surface area contributed by atoms with Gasteiger partial charge in [-0.25, -0.2) is 0 Å². The van der Waals surface area contributed by atoms with Gasteiger partial charge in [0.2, 0.25) is 5.91 Å². The van der Waals surface area contributed by atoms with Gasteiger partial charge in [-0.05, 0) is 38.2 Å². The zero-order chi connectivity index (χ0) is 15.0. The smallest absolute Gasteiger partial charge is 0.251 e. The van der Waals surface area contributed by atoms with E-state index in [1.54, 1.807) is 6.07 Å². The van der Waals surface area contributed by atoms with Crippen molar-refractivity contribution in [3.8, 4) is 0 Å². The maximum absolute atomic E-state index is 11.8. The molecule has 0 saturated heterocycles. The van der Waals surface area contributed by atoms with Gasteiger partial charge in [-0.15, -0.1) is 12.4 Å². The molecule has 118 valence electrons. The molecule has 0 unspecified atom stereocenters. The average Bonchev–Trinajstić information content (AvgIpc) is 2.44. The SMILES string of the molecule is CNCCCNC(=O)CNC(=O)c1ccc(Cl)c(Cl)c1.Cl. The fourth-order valence-corrected chi connectivity index (χ4v) is 1.75. The number of rotatable bonds is 7. The maximum atomic E-state index is 11.8. The molecular formula is C13H18Cl3N3O2. The van der Waals surface area contributed by atoms with Crippen LogP contribution in [-0.2, 0) is 4.79 Å². The van der Waals surface area contributed by atoms with Crippen molar-refractivity contribution in [1.29, 1.82) is 0 Å². The molecule has 0 aromatic heterocycles. The molecule has 1 aromatic carbocycles. The van der Waals surface area contributed by atoms with E-state index in [9.17, 15) is 9.59 Å². The van der Waals surface area contributed by atoms with Gasteiger partial charge in [0.05, 0.1) is 16.6 Å². The van der Waals surface area contributed by atoms with Gasteiger partial charge in [-0.3, -0.25) is 9.59 Å². The van der Waals surface area contributed by atoms with E-state index in [1.807, 2.05) is 7.05 Å². The van der Waals surface area contributed by atoms with Crippen LogP contribution in [0.3, 0.4) is 0 Å². The Kier molecular flexibility index (Phi) is 10.2. The molecule has 1 rings (SSSR count). The van der Waals surface area contributed by atoms with Crippen molar-refractivity contribution in [1.82, 2.24) is 16.0 Å². The summed E-state index contributed by atoms with van der Waals surface area (Å²) >= 11 is 11.6. The van der Waals surface area contributed by atoms with Gasteiger partial charge < -0.3 is 16.0 Å². The highest BCUT2D eigenvalue weighted by Gasteiger charge is 2.09. The van der Waals surface area contributed by atoms with E-state index in [0.717, 1.165) is 13.0 Å². The number of carbonyl (C=O) groups excluding carboxylic acids is 2. The van der Waals surface area contributed by atoms with Crippen LogP contribution in [-0.4, -0.2) is 38.5 Å². The molecule has 0 aliphatic carbocycles. The Morgan fingerprint density at radius 1 is 1.10 bits per heavy atom. The molecule has 0 bridgehead atoms. The third-order valence-corrected chi connectivity index (χ3v) is 3.26. The zero-order valence-electron chi connectivity index (χ0n) is 11.5. The summed E-state index contributed by atoms with van der Waals surface area (Å²) in [7, 11) is 1.85. The topological polar surface area (TPSA) is 70.2 Å². The number of nitrogens with one attached hydrogen (secondary N) is 3. The van der Waals surface area contributed by atoms with E-state index >= 15 is 0 Å². The second-order valence-corrected chi connectivity index (χ2v) is 4.93. The molecule has 21 heavy (non-hydrogen) atoms. The van der Waals surface area contributed by atoms with Gasteiger partial charge in [-0.2, -0.15) is 0 Å². The number of carbonyl (C=O) groups is 2. The minimum absolute atomic E-state index is 0. The van der Waals surface area contributed by atoms with Crippen molar-refractivity contribution >= 4 is 47.4 Å². The molecule has 1 aromatic rings. The Hall–Kier alpha value is -1.01. The number of hydrogen-bond donors (Lipinski definition) is 3. The highest BCUT2D eigenvalue weighted by Crippen LogP contribution is 2.22. The molecule has 0 spiro atoms. The van der Waals surface area contributed by atoms with Crippen molar-refractivity contribution in [3.63, 3.8) is 0 Å². The van der Waals surface area contributed by atoms with Crippen LogP contribution >= 0.6 is 35.6 Å². The summed E-state index contributed by atoms with van der Waals surface area (Å²) in [6.07, 6.45) is 0.836. The first kappa shape index (κ1) is 20.0. The quantitative estimate of drug-likeness (QED) is 0.655. The predicted octanol–water partition coefficient (Wildman–Crippen LogP) is 1.87. The van der Waals surface area contributed by atoms with E-state index in [-0.39, 0.29) is 30.8 Å². The first-order valence-corrected chi connectivity index (χ1v) is 6.94. The van der Waals surface area contributed by atoms with Crippen LogP contribution in [0, 0.1) is 0 Å². The predicted molar refractivity (Wildman–Crippen MR) is 87.6 cm³/mol. The Bertz CT molecular complexity index is 484. The lowest BCUT2D eigenvalue weighted by Gasteiger charge is -2.07. The number of benzene rings is 1. The number of halogens is 3. The van der Waals surface area contributed by atoms with Crippen LogP contribution in [0.25, 0.3) is 0 Å². The highest BCUT2D eigenvalue weighted by molar-refractivity contribution is 6.42. The van der Waals surface area contributed by atoms with Gasteiger partial charge in [-0.1, -0.05) is 23.2 Å². The van der Waals surface area contributed by atoms with Crippen LogP contribution in [0.5, 0.6) is 0 Å². The van der Waals surface area contributed by atoms with Crippen molar-refractivity contribution < 1.29 is 9.59 Å². The van der Waals surface area contributed by atoms with Crippen molar-refractivity contribution in [2.45, 2.75) is 6.42 Å². The second kappa shape index (κ2) is 10.7. The van der Waals surface area contributed by atoms with E-state index in [0.29, 0.717) is 22.2 Å². The normalized spacial score (nSPS) is 9.67. The van der Waals surface area contributed by atoms with Gasteiger partial charge in [0.25, 0.3) is 5.91 Å². The molecule has 0 heterocycles. The highest BCUT2D eigenvalue weighted by atomic mass is 35.5. The molecule has 0 radical (unpaired) electrons. The lowest BCUT2D eigenvalue weighted by Crippen LogP contribution is -2.37. The Morgan fingerprint density at radius 2 is 1.81 bits per heavy atom. The van der Waals surface area contributed by atoms with E-state index < -0.39 is 0 Å². The third-order valence-electron chi connectivity index (χ3n) is 2.52. The maximum Gasteiger partial charge on any atom is 0.251 e. The molecule has 0 aliphatic heterocycles. The fourth-order valence-electron chi connectivity index (χ4n) is 1.46. The summed E-state index contributed by atoms with van der Waals surface area (Å²) in [6.45, 7) is 1.33. The van der Waals surface area contributed by atoms with Crippen LogP contribution in [0.2, 0.25) is 10.0 Å². The van der Waals surface area contributed by atoms with E-state index in [2.05, 4.69) is 16.0 Å². The molecule has 0 aliphatic rings. The first-order valence-electron chi connectivity index (χ1n) is 6.19. The van der Waals surface area contributed by atoms with Gasteiger partial charge >= 0.3 is 0 Å². The lowest BCUT2D eigenvalue weighted by molar-refractivity contribution is -0.120. The molecule has 2 amide bonds. The molecule has 0 saturated carbocycles. The second-order valence-electron chi connectivity index (χ2n) is 4.12.